The van der Waals surface area contributed by atoms with Crippen molar-refractivity contribution in [1.29, 1.82) is 0 Å². The number of aryl methyl sites for hydroxylation is 1. The molecule has 1 N–H and O–H groups in total. The number of nitrogens with one attached hydrogen (secondary N) is 1. The summed E-state index contributed by atoms with van der Waals surface area (Å²) >= 11 is 0. The topological polar surface area (TPSA) is 90.5 Å². The van der Waals surface area contributed by atoms with E-state index in [9.17, 15) is 4.79 Å². The van der Waals surface area contributed by atoms with Crippen molar-refractivity contribution in [3.63, 3.8) is 0 Å². The first-order valence-electron chi connectivity index (χ1n) is 12.5. The van der Waals surface area contributed by atoms with Crippen LogP contribution in [0.3, 0.4) is 0 Å². The highest BCUT2D eigenvalue weighted by atomic mass is 16.1. The zero-order valence-corrected chi connectivity index (χ0v) is 21.6. The number of nitrogens with zero attached hydrogens (tertiary/aromatic N) is 6. The molecule has 0 atom stereocenters. The van der Waals surface area contributed by atoms with Crippen LogP contribution in [-0.4, -0.2) is 35.4 Å². The monoisotopic (exact) mass is 483 g/mol. The molecule has 5 rings (SSSR count). The lowest BCUT2D eigenvalue weighted by Crippen LogP contribution is -2.17. The molecule has 8 nitrogen and oxygen atoms in total. The third kappa shape index (κ3) is 4.67. The number of imidazole rings is 1. The van der Waals surface area contributed by atoms with Gasteiger partial charge in [-0.05, 0) is 49.6 Å². The zero-order chi connectivity index (χ0) is 25.4. The van der Waals surface area contributed by atoms with Gasteiger partial charge in [-0.1, -0.05) is 44.9 Å². The number of rotatable bonds is 5. The van der Waals surface area contributed by atoms with Gasteiger partial charge in [0.15, 0.2) is 0 Å². The van der Waals surface area contributed by atoms with Crippen molar-refractivity contribution in [2.45, 2.75) is 64.7 Å². The van der Waals surface area contributed by atoms with Crippen molar-refractivity contribution in [3.05, 3.63) is 71.6 Å². The molecule has 0 bridgehead atoms. The molecular formula is C28H33N7O. The molecule has 1 amide bonds. The Morgan fingerprint density at radius 2 is 1.86 bits per heavy atom. The molecule has 4 aromatic rings. The molecule has 1 saturated carbocycles. The lowest BCUT2D eigenvalue weighted by atomic mass is 9.96. The molecule has 0 aliphatic heterocycles. The minimum atomic E-state index is -0.143. The lowest BCUT2D eigenvalue weighted by molar-refractivity contribution is 0.102. The number of benzene rings is 1. The second-order valence-corrected chi connectivity index (χ2v) is 10.7. The van der Waals surface area contributed by atoms with Gasteiger partial charge in [-0.25, -0.2) is 9.67 Å². The van der Waals surface area contributed by atoms with E-state index in [4.69, 9.17) is 0 Å². The Labute approximate surface area is 211 Å². The van der Waals surface area contributed by atoms with Crippen LogP contribution in [0.15, 0.2) is 48.9 Å². The molecular weight excluding hydrogens is 450 g/mol. The third-order valence-electron chi connectivity index (χ3n) is 6.95. The highest BCUT2D eigenvalue weighted by Crippen LogP contribution is 2.33. The molecule has 36 heavy (non-hydrogen) atoms. The van der Waals surface area contributed by atoms with E-state index in [2.05, 4.69) is 50.9 Å². The molecule has 1 fully saturated rings. The normalized spacial score (nSPS) is 14.4. The van der Waals surface area contributed by atoms with Gasteiger partial charge < -0.3 is 9.88 Å². The minimum Gasteiger partial charge on any atom is -0.329 e. The molecule has 0 spiro atoms. The van der Waals surface area contributed by atoms with E-state index in [0.717, 1.165) is 47.0 Å². The van der Waals surface area contributed by atoms with Crippen LogP contribution in [-0.2, 0) is 12.5 Å². The maximum atomic E-state index is 13.0. The highest BCUT2D eigenvalue weighted by Gasteiger charge is 2.23. The standard InChI is InChI=1S/C28H33N7O/c1-18-10-11-21(31-26(36)20-12-13-29-22(14-20)19-8-6-7-9-19)15-24(18)35-17-23(32-33-35)25-16-30-27(34(25)5)28(2,3)4/h10-17,19H,6-9H2,1-5H3,(H,31,36). The number of pyridine rings is 1. The van der Waals surface area contributed by atoms with Gasteiger partial charge in [-0.3, -0.25) is 9.78 Å². The van der Waals surface area contributed by atoms with E-state index in [0.29, 0.717) is 17.2 Å². The number of aromatic nitrogens is 6. The summed E-state index contributed by atoms with van der Waals surface area (Å²) in [5.41, 5.74) is 5.80. The number of anilines is 1. The van der Waals surface area contributed by atoms with Crippen molar-refractivity contribution in [2.75, 3.05) is 5.32 Å². The summed E-state index contributed by atoms with van der Waals surface area (Å²) in [5, 5.41) is 11.8. The Balaban J connectivity index is 1.38. The summed E-state index contributed by atoms with van der Waals surface area (Å²) in [4.78, 5) is 22.2. The Morgan fingerprint density at radius 3 is 2.58 bits per heavy atom. The Hall–Kier alpha value is -3.81. The fraction of sp³-hybridized carbons (Fsp3) is 0.393. The maximum Gasteiger partial charge on any atom is 0.255 e. The fourth-order valence-corrected chi connectivity index (χ4v) is 5.01. The van der Waals surface area contributed by atoms with Crippen molar-refractivity contribution in [3.8, 4) is 17.1 Å². The summed E-state index contributed by atoms with van der Waals surface area (Å²) in [6.45, 7) is 8.43. The Morgan fingerprint density at radius 1 is 1.08 bits per heavy atom. The van der Waals surface area contributed by atoms with Crippen LogP contribution in [0.4, 0.5) is 5.69 Å². The van der Waals surface area contributed by atoms with Crippen LogP contribution in [0.5, 0.6) is 0 Å². The Kier molecular flexibility index (Phi) is 6.20. The fourth-order valence-electron chi connectivity index (χ4n) is 5.01. The largest absolute Gasteiger partial charge is 0.329 e. The first kappa shape index (κ1) is 23.9. The van der Waals surface area contributed by atoms with E-state index in [1.807, 2.05) is 50.6 Å². The molecule has 3 heterocycles. The average Bonchev–Trinajstić information content (AvgIpc) is 3.61. The quantitative estimate of drug-likeness (QED) is 0.400. The van der Waals surface area contributed by atoms with Gasteiger partial charge >= 0.3 is 0 Å². The van der Waals surface area contributed by atoms with Gasteiger partial charge in [-0.15, -0.1) is 5.10 Å². The first-order valence-corrected chi connectivity index (χ1v) is 12.5. The molecule has 1 aliphatic carbocycles. The van der Waals surface area contributed by atoms with Crippen molar-refractivity contribution in [1.82, 2.24) is 29.5 Å². The van der Waals surface area contributed by atoms with Gasteiger partial charge in [0.1, 0.15) is 11.5 Å². The molecule has 3 aromatic heterocycles. The second-order valence-electron chi connectivity index (χ2n) is 10.7. The highest BCUT2D eigenvalue weighted by molar-refractivity contribution is 6.04. The van der Waals surface area contributed by atoms with E-state index in [1.54, 1.807) is 16.9 Å². The van der Waals surface area contributed by atoms with Crippen LogP contribution in [0.2, 0.25) is 0 Å². The lowest BCUT2D eigenvalue weighted by Gasteiger charge is -2.18. The van der Waals surface area contributed by atoms with E-state index in [1.165, 1.54) is 12.8 Å². The molecule has 8 heteroatoms. The van der Waals surface area contributed by atoms with Crippen LogP contribution in [0.1, 0.15) is 79.8 Å². The summed E-state index contributed by atoms with van der Waals surface area (Å²) in [6.07, 6.45) is 10.2. The predicted octanol–water partition coefficient (Wildman–Crippen LogP) is 5.58. The zero-order valence-electron chi connectivity index (χ0n) is 21.6. The molecule has 0 unspecified atom stereocenters. The van der Waals surface area contributed by atoms with E-state index < -0.39 is 0 Å². The van der Waals surface area contributed by atoms with Crippen LogP contribution < -0.4 is 5.32 Å². The Bertz CT molecular complexity index is 1400. The van der Waals surface area contributed by atoms with Crippen LogP contribution in [0, 0.1) is 6.92 Å². The SMILES string of the molecule is Cc1ccc(NC(=O)c2ccnc(C3CCCC3)c2)cc1-n1cc(-c2cnc(C(C)(C)C)n2C)nn1. The number of carbonyl (C=O) groups is 1. The molecule has 1 aromatic carbocycles. The van der Waals surface area contributed by atoms with Crippen molar-refractivity contribution in [2.24, 2.45) is 7.05 Å². The smallest absolute Gasteiger partial charge is 0.255 e. The summed E-state index contributed by atoms with van der Waals surface area (Å²) < 4.78 is 3.81. The average molecular weight is 484 g/mol. The molecule has 0 saturated heterocycles. The molecule has 186 valence electrons. The summed E-state index contributed by atoms with van der Waals surface area (Å²) in [7, 11) is 2.00. The van der Waals surface area contributed by atoms with E-state index >= 15 is 0 Å². The van der Waals surface area contributed by atoms with Crippen molar-refractivity contribution < 1.29 is 4.79 Å². The van der Waals surface area contributed by atoms with Crippen LogP contribution >= 0.6 is 0 Å². The first-order chi connectivity index (χ1) is 17.2. The van der Waals surface area contributed by atoms with Gasteiger partial charge in [0.05, 0.1) is 23.8 Å². The number of carbonyl (C=O) groups excluding carboxylic acids is 1. The number of amides is 1. The third-order valence-corrected chi connectivity index (χ3v) is 6.95. The second kappa shape index (κ2) is 9.33. The van der Waals surface area contributed by atoms with Crippen LogP contribution in [0.25, 0.3) is 17.1 Å². The summed E-state index contributed by atoms with van der Waals surface area (Å²) in [6, 6.07) is 9.51. The van der Waals surface area contributed by atoms with Crippen molar-refractivity contribution >= 4 is 11.6 Å². The molecule has 1 aliphatic rings. The predicted molar refractivity (Wildman–Crippen MR) is 140 cm³/mol. The molecule has 0 radical (unpaired) electrons. The summed E-state index contributed by atoms with van der Waals surface area (Å²) in [5.74, 6) is 1.31. The van der Waals surface area contributed by atoms with Gasteiger partial charge in [0, 0.05) is 41.5 Å². The van der Waals surface area contributed by atoms with Gasteiger partial charge in [0.2, 0.25) is 0 Å². The van der Waals surface area contributed by atoms with Gasteiger partial charge in [0.25, 0.3) is 5.91 Å². The van der Waals surface area contributed by atoms with Gasteiger partial charge in [-0.2, -0.15) is 0 Å². The van der Waals surface area contributed by atoms with E-state index in [-0.39, 0.29) is 11.3 Å². The number of hydrogen-bond acceptors (Lipinski definition) is 5. The number of hydrogen-bond donors (Lipinski definition) is 1. The maximum absolute atomic E-state index is 13.0. The minimum absolute atomic E-state index is 0.0706.